The van der Waals surface area contributed by atoms with Crippen LogP contribution in [0.2, 0.25) is 0 Å². The van der Waals surface area contributed by atoms with E-state index in [-0.39, 0.29) is 13.4 Å². The number of aromatic nitrogens is 4. The van der Waals surface area contributed by atoms with E-state index < -0.39 is 16.1 Å². The first-order valence-electron chi connectivity index (χ1n) is 23.2. The molecule has 19 rings (SSSR count). The maximum Gasteiger partial charge on any atom is 0.345 e. The molecule has 296 valence electrons. The molecule has 66 heavy (non-hydrogen) atoms. The van der Waals surface area contributed by atoms with Gasteiger partial charge in [-0.1, -0.05) is 157 Å². The fraction of sp³-hybridized carbons (Fsp3) is 0. The molecule has 0 aliphatic carbocycles. The Balaban J connectivity index is 1.05. The van der Waals surface area contributed by atoms with Gasteiger partial charge < -0.3 is 4.74 Å². The first-order chi connectivity index (χ1) is 32.8. The van der Waals surface area contributed by atoms with Crippen molar-refractivity contribution < 1.29 is 14.1 Å². The number of benzene rings is 8. The predicted molar refractivity (Wildman–Crippen MR) is 267 cm³/mol. The van der Waals surface area contributed by atoms with Crippen LogP contribution in [0.1, 0.15) is 0 Å². The second-order valence-corrected chi connectivity index (χ2v) is 26.9. The van der Waals surface area contributed by atoms with E-state index in [2.05, 4.69) is 192 Å². The molecule has 0 radical (unpaired) electrons. The van der Waals surface area contributed by atoms with Crippen molar-refractivity contribution in [3.8, 4) is 56.3 Å². The Morgan fingerprint density at radius 1 is 0.379 bits per heavy atom. The maximum atomic E-state index is 7.58. The highest BCUT2D eigenvalue weighted by Gasteiger charge is 2.78. The van der Waals surface area contributed by atoms with Crippen LogP contribution in [0.15, 0.2) is 183 Å². The first kappa shape index (κ1) is 32.8. The van der Waals surface area contributed by atoms with E-state index in [1.165, 1.54) is 119 Å². The van der Waals surface area contributed by atoms with E-state index in [4.69, 9.17) is 14.7 Å². The zero-order valence-corrected chi connectivity index (χ0v) is 37.1. The van der Waals surface area contributed by atoms with Gasteiger partial charge in [0.05, 0.1) is 12.4 Å². The minimum atomic E-state index is -2.93. The molecule has 0 amide bonds. The van der Waals surface area contributed by atoms with Gasteiger partial charge in [0.2, 0.25) is 22.7 Å². The summed E-state index contributed by atoms with van der Waals surface area (Å²) in [7, 11) is -5.86. The molecule has 9 aliphatic rings. The zero-order valence-electron chi connectivity index (χ0n) is 35.1. The Kier molecular flexibility index (Phi) is 5.07. The minimum absolute atomic E-state index is 0.0114. The van der Waals surface area contributed by atoms with Gasteiger partial charge in [0.1, 0.15) is 11.4 Å². The van der Waals surface area contributed by atoms with Gasteiger partial charge in [-0.25, -0.2) is 9.97 Å². The van der Waals surface area contributed by atoms with Gasteiger partial charge in [-0.2, -0.15) is 0 Å². The number of ether oxygens (including phenoxy) is 1. The molecule has 0 N–H and O–H groups in total. The SMILES string of the molecule is c1ccc2c(c1)-c1ccccc1[Si]21c2cccc3c2B2c4c1ccc1c4[N+]4(c5c(ccc6c5B5c7c(cccc7[Si]67c6ccccc6-c6ccccc67)-c6ncc[n+]4c65)O1)[n+]1ccnc-3c12. The highest BCUT2D eigenvalue weighted by molar-refractivity contribution is 7.30. The molecule has 6 nitrogen and oxygen atoms in total. The number of nitrogens with zero attached hydrogens (tertiary/aromatic N) is 5. The lowest BCUT2D eigenvalue weighted by molar-refractivity contribution is -1.03. The normalized spacial score (nSPS) is 17.2. The molecule has 10 heteroatoms. The molecule has 9 aliphatic heterocycles. The summed E-state index contributed by atoms with van der Waals surface area (Å²) in [6.07, 6.45) is 8.69. The Morgan fingerprint density at radius 2 is 0.742 bits per heavy atom. The molecule has 0 fully saturated rings. The van der Waals surface area contributed by atoms with Gasteiger partial charge in [-0.15, -0.1) is 0 Å². The van der Waals surface area contributed by atoms with E-state index in [9.17, 15) is 0 Å². The van der Waals surface area contributed by atoms with Crippen molar-refractivity contribution in [2.75, 3.05) is 0 Å². The average Bonchev–Trinajstić information content (AvgIpc) is 4.09. The van der Waals surface area contributed by atoms with Crippen LogP contribution in [0, 0.1) is 0 Å². The summed E-state index contributed by atoms with van der Waals surface area (Å²) in [6.45, 7) is -0.0229. The number of hydrogen-bond acceptors (Lipinski definition) is 3. The predicted octanol–water partition coefficient (Wildman–Crippen LogP) is -0.315. The largest absolute Gasteiger partial charge is 0.444 e. The van der Waals surface area contributed by atoms with E-state index in [0.717, 1.165) is 22.9 Å². The average molecular weight is 867 g/mol. The zero-order chi connectivity index (χ0) is 42.2. The molecule has 10 aromatic rings. The molecular formula is C56H30B2N5OSi2+3. The lowest BCUT2D eigenvalue weighted by Gasteiger charge is -2.45. The van der Waals surface area contributed by atoms with Crippen LogP contribution in [0.25, 0.3) is 44.8 Å². The highest BCUT2D eigenvalue weighted by Crippen LogP contribution is 2.51. The Labute approximate surface area is 381 Å². The fourth-order valence-corrected chi connectivity index (χ4v) is 27.3. The highest BCUT2D eigenvalue weighted by atomic mass is 28.3. The molecule has 0 bridgehead atoms. The Morgan fingerprint density at radius 3 is 1.17 bits per heavy atom. The van der Waals surface area contributed by atoms with Crippen LogP contribution in [0.4, 0.5) is 11.4 Å². The summed E-state index contributed by atoms with van der Waals surface area (Å²) in [5, 5.41) is 11.8. The van der Waals surface area contributed by atoms with Crippen molar-refractivity contribution in [3.63, 3.8) is 0 Å². The minimum Gasteiger partial charge on any atom is -0.444 e. The number of hydrogen-bond donors (Lipinski definition) is 0. The quantitative estimate of drug-likeness (QED) is 0.120. The van der Waals surface area contributed by atoms with Crippen molar-refractivity contribution in [1.29, 1.82) is 0 Å². The number of quaternary nitrogens is 1. The number of fused-ring (bicyclic) bond motifs is 16. The van der Waals surface area contributed by atoms with Crippen LogP contribution in [-0.4, -0.2) is 39.5 Å². The number of rotatable bonds is 0. The Bertz CT molecular complexity index is 3820. The molecule has 0 atom stereocenters. The van der Waals surface area contributed by atoms with Crippen molar-refractivity contribution in [2.24, 2.45) is 0 Å². The molecular weight excluding hydrogens is 836 g/mol. The molecule has 2 aromatic heterocycles. The van der Waals surface area contributed by atoms with Crippen molar-refractivity contribution in [2.45, 2.75) is 0 Å². The lowest BCUT2D eigenvalue weighted by Crippen LogP contribution is -3.02. The topological polar surface area (TPSA) is 42.8 Å². The van der Waals surface area contributed by atoms with Gasteiger partial charge in [-0.3, -0.25) is 0 Å². The third-order valence-corrected chi connectivity index (χ3v) is 27.5. The van der Waals surface area contributed by atoms with Crippen LogP contribution in [-0.2, 0) is 0 Å². The van der Waals surface area contributed by atoms with E-state index in [1.54, 1.807) is 0 Å². The van der Waals surface area contributed by atoms with Gasteiger partial charge in [-0.05, 0) is 75.9 Å². The summed E-state index contributed by atoms with van der Waals surface area (Å²) in [4.78, 5) is 10.8. The summed E-state index contributed by atoms with van der Waals surface area (Å²) < 4.78 is 13.1. The third-order valence-electron chi connectivity index (χ3n) is 17.6. The smallest absolute Gasteiger partial charge is 0.345 e. The van der Waals surface area contributed by atoms with Crippen LogP contribution in [0.3, 0.4) is 0 Å². The van der Waals surface area contributed by atoms with Gasteiger partial charge >= 0.3 is 13.4 Å². The van der Waals surface area contributed by atoms with Gasteiger partial charge in [0.25, 0.3) is 23.8 Å². The summed E-state index contributed by atoms with van der Waals surface area (Å²) >= 11 is 0. The van der Waals surface area contributed by atoms with Crippen LogP contribution < -0.4 is 93.3 Å². The monoisotopic (exact) mass is 866 g/mol. The summed E-state index contributed by atoms with van der Waals surface area (Å²) in [5.41, 5.74) is 20.7. The van der Waals surface area contributed by atoms with Crippen LogP contribution in [0.5, 0.6) is 11.5 Å². The lowest BCUT2D eigenvalue weighted by atomic mass is 9.38. The summed E-state index contributed by atoms with van der Waals surface area (Å²) in [6, 6.07) is 61.2. The standard InChI is InChI=1S/C56H30B2N5OSi2/c1-5-17-39-31(11-1)32-12-2-6-18-40(32)65(39)43-21-9-15-35-47(43)57-49-45(65)25-23-37-53(49)63(61-29-27-59-51(35)55(57)61)54-38(64-37)24-26-46-50(54)58-48-36(52-56(58)62(63)30-28-60-52)16-10-22-44(48)66(46)41-19-7-3-13-33(41)34-14-4-8-20-42(34)66/h1-30H/q+3. The van der Waals surface area contributed by atoms with Crippen molar-refractivity contribution in [1.82, 2.24) is 14.7 Å². The molecule has 0 saturated carbocycles. The first-order valence-corrected chi connectivity index (χ1v) is 27.2. The maximum absolute atomic E-state index is 7.58. The van der Waals surface area contributed by atoms with E-state index in [0.29, 0.717) is 4.70 Å². The Hall–Kier alpha value is -7.76. The second-order valence-electron chi connectivity index (χ2n) is 19.5. The van der Waals surface area contributed by atoms with E-state index in [1.807, 2.05) is 0 Å². The van der Waals surface area contributed by atoms with Crippen molar-refractivity contribution in [3.05, 3.63) is 183 Å². The fourth-order valence-electron chi connectivity index (χ4n) is 15.9. The molecule has 0 unspecified atom stereocenters. The third kappa shape index (κ3) is 2.93. The van der Waals surface area contributed by atoms with Gasteiger partial charge in [0.15, 0.2) is 20.8 Å². The van der Waals surface area contributed by atoms with Crippen LogP contribution >= 0.6 is 0 Å². The van der Waals surface area contributed by atoms with E-state index >= 15 is 0 Å². The molecule has 3 spiro atoms. The molecule has 11 heterocycles. The molecule has 8 aromatic carbocycles. The summed E-state index contributed by atoms with van der Waals surface area (Å²) in [5.74, 6) is 1.84. The second kappa shape index (κ2) is 10.2. The molecule has 0 saturated heterocycles. The van der Waals surface area contributed by atoms with Crippen molar-refractivity contribution >= 4 is 115 Å². The van der Waals surface area contributed by atoms with Gasteiger partial charge in [0, 0.05) is 31.4 Å².